The Hall–Kier alpha value is -1.26. The van der Waals surface area contributed by atoms with Gasteiger partial charge in [0.05, 0.1) is 10.2 Å². The second-order valence-corrected chi connectivity index (χ2v) is 5.23. The average molecular weight is 291 g/mol. The molecule has 3 aromatic rings. The number of fused-ring (bicyclic) bond motifs is 1. The van der Waals surface area contributed by atoms with Gasteiger partial charge in [-0.3, -0.25) is 4.98 Å². The van der Waals surface area contributed by atoms with E-state index in [1.807, 2.05) is 24.3 Å². The van der Waals surface area contributed by atoms with Crippen molar-refractivity contribution in [1.82, 2.24) is 9.97 Å². The lowest BCUT2D eigenvalue weighted by molar-refractivity contribution is 1.30. The molecule has 3 rings (SSSR count). The van der Waals surface area contributed by atoms with Crippen molar-refractivity contribution in [3.05, 3.63) is 47.2 Å². The van der Waals surface area contributed by atoms with Gasteiger partial charge in [-0.15, -0.1) is 11.3 Å². The highest BCUT2D eigenvalue weighted by Crippen LogP contribution is 2.33. The Morgan fingerprint density at radius 1 is 1.12 bits per heavy atom. The molecule has 0 amide bonds. The van der Waals surface area contributed by atoms with Gasteiger partial charge in [-0.25, -0.2) is 4.98 Å². The van der Waals surface area contributed by atoms with Crippen molar-refractivity contribution in [2.45, 2.75) is 0 Å². The quantitative estimate of drug-likeness (QED) is 0.674. The maximum atomic E-state index is 4.60. The summed E-state index contributed by atoms with van der Waals surface area (Å²) < 4.78 is 2.19. The van der Waals surface area contributed by atoms with Gasteiger partial charge in [-0.05, 0) is 34.1 Å². The molecule has 0 fully saturated rings. The Morgan fingerprint density at radius 3 is 2.81 bits per heavy atom. The Balaban J connectivity index is 2.23. The van der Waals surface area contributed by atoms with E-state index in [-0.39, 0.29) is 0 Å². The topological polar surface area (TPSA) is 25.8 Å². The molecular formula is C12H7BrN2S. The molecule has 2 nitrogen and oxygen atoms in total. The Kier molecular flexibility index (Phi) is 2.46. The summed E-state index contributed by atoms with van der Waals surface area (Å²) in [7, 11) is 0. The molecular weight excluding hydrogens is 284 g/mol. The summed E-state index contributed by atoms with van der Waals surface area (Å²) in [5.74, 6) is 0. The molecule has 0 N–H and O–H groups in total. The van der Waals surface area contributed by atoms with Crippen LogP contribution in [-0.2, 0) is 0 Å². The summed E-state index contributed by atoms with van der Waals surface area (Å²) >= 11 is 5.19. The summed E-state index contributed by atoms with van der Waals surface area (Å²) in [6, 6.07) is 10.1. The van der Waals surface area contributed by atoms with E-state index in [1.165, 1.54) is 4.70 Å². The number of hydrogen-bond acceptors (Lipinski definition) is 3. The van der Waals surface area contributed by atoms with Crippen molar-refractivity contribution in [3.63, 3.8) is 0 Å². The first kappa shape index (κ1) is 9.93. The third kappa shape index (κ3) is 1.64. The summed E-state index contributed by atoms with van der Waals surface area (Å²) in [5.41, 5.74) is 2.14. The van der Waals surface area contributed by atoms with Gasteiger partial charge < -0.3 is 0 Å². The molecule has 78 valence electrons. The van der Waals surface area contributed by atoms with E-state index in [0.717, 1.165) is 20.6 Å². The summed E-state index contributed by atoms with van der Waals surface area (Å²) in [6.07, 6.45) is 3.58. The van der Waals surface area contributed by atoms with Crippen molar-refractivity contribution in [2.75, 3.05) is 0 Å². The fourth-order valence-electron chi connectivity index (χ4n) is 1.54. The highest BCUT2D eigenvalue weighted by Gasteiger charge is 2.08. The van der Waals surface area contributed by atoms with Crippen LogP contribution in [0.5, 0.6) is 0 Å². The van der Waals surface area contributed by atoms with Crippen LogP contribution < -0.4 is 0 Å². The molecule has 2 aromatic heterocycles. The number of aromatic nitrogens is 2. The van der Waals surface area contributed by atoms with Gasteiger partial charge in [0.1, 0.15) is 5.01 Å². The van der Waals surface area contributed by atoms with Crippen LogP contribution in [0.1, 0.15) is 0 Å². The molecule has 0 spiro atoms. The lowest BCUT2D eigenvalue weighted by atomic mass is 10.3. The zero-order valence-electron chi connectivity index (χ0n) is 8.22. The second-order valence-electron chi connectivity index (χ2n) is 3.34. The molecule has 0 atom stereocenters. The van der Waals surface area contributed by atoms with Gasteiger partial charge in [0.15, 0.2) is 0 Å². The summed E-state index contributed by atoms with van der Waals surface area (Å²) in [4.78, 5) is 8.66. The number of rotatable bonds is 1. The molecule has 0 saturated carbocycles. The molecule has 2 heterocycles. The van der Waals surface area contributed by atoms with E-state index in [2.05, 4.69) is 32.0 Å². The molecule has 0 aliphatic heterocycles. The van der Waals surface area contributed by atoms with Crippen LogP contribution >= 0.6 is 27.3 Å². The highest BCUT2D eigenvalue weighted by molar-refractivity contribution is 9.10. The van der Waals surface area contributed by atoms with Crippen molar-refractivity contribution in [2.24, 2.45) is 0 Å². The first-order valence-corrected chi connectivity index (χ1v) is 6.41. The lowest BCUT2D eigenvalue weighted by Gasteiger charge is -1.97. The molecule has 4 heteroatoms. The number of para-hydroxylation sites is 1. The number of halogens is 1. The monoisotopic (exact) mass is 290 g/mol. The van der Waals surface area contributed by atoms with E-state index >= 15 is 0 Å². The van der Waals surface area contributed by atoms with Crippen molar-refractivity contribution in [3.8, 4) is 10.6 Å². The number of nitrogens with zero attached hydrogens (tertiary/aromatic N) is 2. The lowest BCUT2D eigenvalue weighted by Crippen LogP contribution is -1.79. The first-order chi connectivity index (χ1) is 7.84. The van der Waals surface area contributed by atoms with Crippen LogP contribution in [0.4, 0.5) is 0 Å². The predicted molar refractivity (Wildman–Crippen MR) is 70.6 cm³/mol. The zero-order chi connectivity index (χ0) is 11.0. The standard InChI is InChI=1S/C12H7BrN2S/c13-9-7-14-6-5-8(9)12-15-10-3-1-2-4-11(10)16-12/h1-7H. The number of pyridine rings is 1. The maximum Gasteiger partial charge on any atom is 0.125 e. The minimum Gasteiger partial charge on any atom is -0.264 e. The smallest absolute Gasteiger partial charge is 0.125 e. The maximum absolute atomic E-state index is 4.60. The zero-order valence-corrected chi connectivity index (χ0v) is 10.6. The Bertz CT molecular complexity index is 615. The second kappa shape index (κ2) is 3.96. The van der Waals surface area contributed by atoms with Crippen LogP contribution in [0.3, 0.4) is 0 Å². The highest BCUT2D eigenvalue weighted by atomic mass is 79.9. The molecule has 0 aliphatic rings. The number of thiazole rings is 1. The molecule has 0 radical (unpaired) electrons. The SMILES string of the molecule is Brc1cnccc1-c1nc2ccccc2s1. The van der Waals surface area contributed by atoms with E-state index in [4.69, 9.17) is 0 Å². The van der Waals surface area contributed by atoms with E-state index < -0.39 is 0 Å². The minimum absolute atomic E-state index is 0.981. The summed E-state index contributed by atoms with van der Waals surface area (Å²) in [6.45, 7) is 0. The Labute approximate surface area is 105 Å². The predicted octanol–water partition coefficient (Wildman–Crippen LogP) is 4.12. The van der Waals surface area contributed by atoms with Crippen molar-refractivity contribution < 1.29 is 0 Å². The van der Waals surface area contributed by atoms with E-state index in [1.54, 1.807) is 23.7 Å². The number of hydrogen-bond donors (Lipinski definition) is 0. The van der Waals surface area contributed by atoms with Crippen LogP contribution in [-0.4, -0.2) is 9.97 Å². The minimum atomic E-state index is 0.981. The van der Waals surface area contributed by atoms with Gasteiger partial charge in [0.25, 0.3) is 0 Å². The first-order valence-electron chi connectivity index (χ1n) is 4.80. The van der Waals surface area contributed by atoms with Gasteiger partial charge in [0, 0.05) is 22.4 Å². The molecule has 0 saturated heterocycles. The van der Waals surface area contributed by atoms with Crippen LogP contribution in [0.15, 0.2) is 47.2 Å². The summed E-state index contributed by atoms with van der Waals surface area (Å²) in [5, 5.41) is 1.02. The van der Waals surface area contributed by atoms with Crippen molar-refractivity contribution >= 4 is 37.5 Å². The van der Waals surface area contributed by atoms with Crippen LogP contribution in [0.2, 0.25) is 0 Å². The Morgan fingerprint density at radius 2 is 2.00 bits per heavy atom. The fraction of sp³-hybridized carbons (Fsp3) is 0. The van der Waals surface area contributed by atoms with Crippen LogP contribution in [0, 0.1) is 0 Å². The largest absolute Gasteiger partial charge is 0.264 e. The third-order valence-corrected chi connectivity index (χ3v) is 4.00. The van der Waals surface area contributed by atoms with Gasteiger partial charge in [-0.1, -0.05) is 12.1 Å². The van der Waals surface area contributed by atoms with Gasteiger partial charge in [-0.2, -0.15) is 0 Å². The third-order valence-electron chi connectivity index (χ3n) is 2.30. The fourth-order valence-corrected chi connectivity index (χ4v) is 3.11. The van der Waals surface area contributed by atoms with E-state index in [9.17, 15) is 0 Å². The molecule has 1 aromatic carbocycles. The van der Waals surface area contributed by atoms with Crippen molar-refractivity contribution in [1.29, 1.82) is 0 Å². The van der Waals surface area contributed by atoms with Gasteiger partial charge in [0.2, 0.25) is 0 Å². The molecule has 0 aliphatic carbocycles. The molecule has 0 bridgehead atoms. The van der Waals surface area contributed by atoms with Crippen LogP contribution in [0.25, 0.3) is 20.8 Å². The average Bonchev–Trinajstić information content (AvgIpc) is 2.73. The number of benzene rings is 1. The normalized spacial score (nSPS) is 10.8. The molecule has 0 unspecified atom stereocenters. The van der Waals surface area contributed by atoms with E-state index in [0.29, 0.717) is 0 Å². The van der Waals surface area contributed by atoms with Gasteiger partial charge >= 0.3 is 0 Å². The molecule has 16 heavy (non-hydrogen) atoms.